The molecule has 1 fully saturated rings. The van der Waals surface area contributed by atoms with Crippen LogP contribution in [0.3, 0.4) is 0 Å². The van der Waals surface area contributed by atoms with Crippen LogP contribution in [0, 0.1) is 11.8 Å². The molecule has 2 aromatic carbocycles. The quantitative estimate of drug-likeness (QED) is 0.829. The SMILES string of the molecule is COc1cccc(C(=O)Nc2ccc(S(=O)(=O)N3C[C@H](C)C[C@H](C)C3)cc2)c1. The lowest BCUT2D eigenvalue weighted by molar-refractivity contribution is 0.102. The number of hydrogen-bond donors (Lipinski definition) is 1. The Hall–Kier alpha value is -2.38. The molecule has 0 spiro atoms. The zero-order chi connectivity index (χ0) is 20.3. The Morgan fingerprint density at radius 1 is 1.07 bits per heavy atom. The van der Waals surface area contributed by atoms with Gasteiger partial charge in [0.15, 0.2) is 0 Å². The van der Waals surface area contributed by atoms with E-state index in [1.54, 1.807) is 59.9 Å². The number of rotatable bonds is 5. The molecule has 3 rings (SSSR count). The van der Waals surface area contributed by atoms with E-state index in [1.807, 2.05) is 0 Å². The highest BCUT2D eigenvalue weighted by atomic mass is 32.2. The van der Waals surface area contributed by atoms with Gasteiger partial charge in [-0.15, -0.1) is 0 Å². The van der Waals surface area contributed by atoms with Gasteiger partial charge < -0.3 is 10.1 Å². The van der Waals surface area contributed by atoms with E-state index in [9.17, 15) is 13.2 Å². The zero-order valence-corrected chi connectivity index (χ0v) is 17.2. The van der Waals surface area contributed by atoms with Gasteiger partial charge in [0.05, 0.1) is 12.0 Å². The van der Waals surface area contributed by atoms with Gasteiger partial charge in [-0.25, -0.2) is 8.42 Å². The average molecular weight is 403 g/mol. The fourth-order valence-corrected chi connectivity index (χ4v) is 5.31. The first-order valence-corrected chi connectivity index (χ1v) is 10.8. The minimum Gasteiger partial charge on any atom is -0.497 e. The highest BCUT2D eigenvalue weighted by molar-refractivity contribution is 7.89. The fourth-order valence-electron chi connectivity index (χ4n) is 3.63. The van der Waals surface area contributed by atoms with Crippen molar-refractivity contribution in [1.82, 2.24) is 4.31 Å². The number of carbonyl (C=O) groups is 1. The Labute approximate surface area is 166 Å². The van der Waals surface area contributed by atoms with Crippen molar-refractivity contribution in [3.05, 3.63) is 54.1 Å². The van der Waals surface area contributed by atoms with Crippen molar-refractivity contribution < 1.29 is 17.9 Å². The van der Waals surface area contributed by atoms with E-state index in [2.05, 4.69) is 19.2 Å². The van der Waals surface area contributed by atoms with E-state index in [0.29, 0.717) is 41.9 Å². The van der Waals surface area contributed by atoms with Crippen molar-refractivity contribution in [2.45, 2.75) is 25.2 Å². The number of sulfonamides is 1. The molecule has 1 saturated heterocycles. The molecule has 2 atom stereocenters. The summed E-state index contributed by atoms with van der Waals surface area (Å²) in [5.41, 5.74) is 1.000. The number of ether oxygens (including phenoxy) is 1. The first-order chi connectivity index (χ1) is 13.3. The smallest absolute Gasteiger partial charge is 0.255 e. The van der Waals surface area contributed by atoms with Crippen LogP contribution in [0.4, 0.5) is 5.69 Å². The maximum atomic E-state index is 12.9. The molecular formula is C21H26N2O4S. The molecule has 1 heterocycles. The Balaban J connectivity index is 1.73. The van der Waals surface area contributed by atoms with E-state index in [4.69, 9.17) is 4.74 Å². The van der Waals surface area contributed by atoms with Gasteiger partial charge in [-0.05, 0) is 60.7 Å². The lowest BCUT2D eigenvalue weighted by Crippen LogP contribution is -2.42. The monoisotopic (exact) mass is 402 g/mol. The van der Waals surface area contributed by atoms with Gasteiger partial charge in [-0.1, -0.05) is 19.9 Å². The number of amides is 1. The second kappa shape index (κ2) is 8.32. The van der Waals surface area contributed by atoms with Crippen LogP contribution in [0.1, 0.15) is 30.6 Å². The molecule has 1 N–H and O–H groups in total. The highest BCUT2D eigenvalue weighted by Gasteiger charge is 2.31. The molecule has 2 aromatic rings. The summed E-state index contributed by atoms with van der Waals surface area (Å²) in [4.78, 5) is 12.6. The Morgan fingerprint density at radius 2 is 1.71 bits per heavy atom. The molecule has 1 aliphatic heterocycles. The molecular weight excluding hydrogens is 376 g/mol. The number of piperidine rings is 1. The molecule has 0 radical (unpaired) electrons. The van der Waals surface area contributed by atoms with Crippen LogP contribution in [0.25, 0.3) is 0 Å². The van der Waals surface area contributed by atoms with Crippen molar-refractivity contribution in [2.24, 2.45) is 11.8 Å². The molecule has 0 aliphatic carbocycles. The normalized spacial score (nSPS) is 20.5. The third-order valence-electron chi connectivity index (χ3n) is 4.92. The molecule has 28 heavy (non-hydrogen) atoms. The summed E-state index contributed by atoms with van der Waals surface area (Å²) in [6.07, 6.45) is 1.04. The summed E-state index contributed by atoms with van der Waals surface area (Å²) < 4.78 is 32.6. The van der Waals surface area contributed by atoms with Gasteiger partial charge in [-0.2, -0.15) is 4.31 Å². The lowest BCUT2D eigenvalue weighted by atomic mass is 9.94. The van der Waals surface area contributed by atoms with Crippen molar-refractivity contribution in [3.63, 3.8) is 0 Å². The summed E-state index contributed by atoms with van der Waals surface area (Å²) >= 11 is 0. The van der Waals surface area contributed by atoms with Crippen molar-refractivity contribution >= 4 is 21.6 Å². The van der Waals surface area contributed by atoms with Crippen LogP contribution in [0.15, 0.2) is 53.4 Å². The van der Waals surface area contributed by atoms with Crippen LogP contribution in [0.2, 0.25) is 0 Å². The molecule has 7 heteroatoms. The Bertz CT molecular complexity index is 931. The van der Waals surface area contributed by atoms with Gasteiger partial charge in [0.1, 0.15) is 5.75 Å². The molecule has 0 aromatic heterocycles. The molecule has 0 saturated carbocycles. The van der Waals surface area contributed by atoms with Crippen LogP contribution < -0.4 is 10.1 Å². The third-order valence-corrected chi connectivity index (χ3v) is 6.76. The van der Waals surface area contributed by atoms with Crippen LogP contribution in [-0.4, -0.2) is 38.8 Å². The Kier molecular flexibility index (Phi) is 6.05. The van der Waals surface area contributed by atoms with Crippen LogP contribution >= 0.6 is 0 Å². The van der Waals surface area contributed by atoms with Gasteiger partial charge >= 0.3 is 0 Å². The van der Waals surface area contributed by atoms with Crippen LogP contribution in [0.5, 0.6) is 5.75 Å². The predicted octanol–water partition coefficient (Wildman–Crippen LogP) is 3.61. The summed E-state index contributed by atoms with van der Waals surface area (Å²) in [6.45, 7) is 5.24. The minimum absolute atomic E-state index is 0.244. The highest BCUT2D eigenvalue weighted by Crippen LogP contribution is 2.27. The average Bonchev–Trinajstić information content (AvgIpc) is 2.67. The summed E-state index contributed by atoms with van der Waals surface area (Å²) in [6, 6.07) is 13.1. The second-order valence-electron chi connectivity index (χ2n) is 7.48. The van der Waals surface area contributed by atoms with Crippen molar-refractivity contribution in [3.8, 4) is 5.75 Å². The molecule has 0 unspecified atom stereocenters. The van der Waals surface area contributed by atoms with E-state index >= 15 is 0 Å². The first-order valence-electron chi connectivity index (χ1n) is 9.35. The summed E-state index contributed by atoms with van der Waals surface area (Å²) in [5, 5.41) is 2.78. The second-order valence-corrected chi connectivity index (χ2v) is 9.42. The van der Waals surface area contributed by atoms with Gasteiger partial charge in [0, 0.05) is 24.3 Å². The third kappa shape index (κ3) is 4.54. The predicted molar refractivity (Wildman–Crippen MR) is 109 cm³/mol. The molecule has 0 bridgehead atoms. The number of carbonyl (C=O) groups excluding carboxylic acids is 1. The van der Waals surface area contributed by atoms with Crippen molar-refractivity contribution in [2.75, 3.05) is 25.5 Å². The Morgan fingerprint density at radius 3 is 2.32 bits per heavy atom. The number of nitrogens with one attached hydrogen (secondary N) is 1. The number of hydrogen-bond acceptors (Lipinski definition) is 4. The largest absolute Gasteiger partial charge is 0.497 e. The van der Waals surface area contributed by atoms with Gasteiger partial charge in [-0.3, -0.25) is 4.79 Å². The molecule has 1 aliphatic rings. The zero-order valence-electron chi connectivity index (χ0n) is 16.4. The van der Waals surface area contributed by atoms with Gasteiger partial charge in [0.25, 0.3) is 5.91 Å². The standard InChI is InChI=1S/C21H26N2O4S/c1-15-11-16(2)14-23(13-15)28(25,26)20-9-7-18(8-10-20)22-21(24)17-5-4-6-19(12-17)27-3/h4-10,12,15-16H,11,13-14H2,1-3H3,(H,22,24)/t15-,16+. The summed E-state index contributed by atoms with van der Waals surface area (Å²) in [5.74, 6) is 1.01. The van der Waals surface area contributed by atoms with E-state index < -0.39 is 10.0 Å². The summed E-state index contributed by atoms with van der Waals surface area (Å²) in [7, 11) is -1.99. The minimum atomic E-state index is -3.53. The molecule has 150 valence electrons. The number of benzene rings is 2. The van der Waals surface area contributed by atoms with E-state index in [0.717, 1.165) is 6.42 Å². The van der Waals surface area contributed by atoms with Gasteiger partial charge in [0.2, 0.25) is 10.0 Å². The van der Waals surface area contributed by atoms with Crippen LogP contribution in [-0.2, 0) is 10.0 Å². The maximum absolute atomic E-state index is 12.9. The number of nitrogens with zero attached hydrogens (tertiary/aromatic N) is 1. The topological polar surface area (TPSA) is 75.7 Å². The fraction of sp³-hybridized carbons (Fsp3) is 0.381. The lowest BCUT2D eigenvalue weighted by Gasteiger charge is -2.34. The van der Waals surface area contributed by atoms with E-state index in [1.165, 1.54) is 0 Å². The number of methoxy groups -OCH3 is 1. The molecule has 6 nitrogen and oxygen atoms in total. The maximum Gasteiger partial charge on any atom is 0.255 e. The number of anilines is 1. The van der Waals surface area contributed by atoms with Crippen molar-refractivity contribution in [1.29, 1.82) is 0 Å². The molecule has 1 amide bonds. The first kappa shape index (κ1) is 20.4. The van der Waals surface area contributed by atoms with E-state index in [-0.39, 0.29) is 10.8 Å².